The minimum absolute atomic E-state index is 0.238. The van der Waals surface area contributed by atoms with Crippen molar-refractivity contribution in [2.24, 2.45) is 0 Å². The van der Waals surface area contributed by atoms with Crippen LogP contribution in [0.4, 0.5) is 10.5 Å². The number of halogens is 2. The van der Waals surface area contributed by atoms with Crippen molar-refractivity contribution in [2.45, 2.75) is 6.92 Å². The summed E-state index contributed by atoms with van der Waals surface area (Å²) in [4.78, 5) is 35.1. The van der Waals surface area contributed by atoms with Gasteiger partial charge in [-0.1, -0.05) is 35.3 Å². The highest BCUT2D eigenvalue weighted by Gasteiger charge is 2.25. The second-order valence-corrected chi connectivity index (χ2v) is 7.67. The predicted octanol–water partition coefficient (Wildman–Crippen LogP) is 4.64. The Hall–Kier alpha value is -2.48. The normalized spacial score (nSPS) is 14.9. The van der Waals surface area contributed by atoms with Gasteiger partial charge in [-0.15, -0.1) is 0 Å². The minimum atomic E-state index is -0.445. The highest BCUT2D eigenvalue weighted by atomic mass is 35.5. The smallest absolute Gasteiger partial charge is 0.290 e. The van der Waals surface area contributed by atoms with Crippen LogP contribution in [0.2, 0.25) is 10.0 Å². The van der Waals surface area contributed by atoms with E-state index in [9.17, 15) is 14.4 Å². The first kappa shape index (κ1) is 20.3. The summed E-state index contributed by atoms with van der Waals surface area (Å²) in [5, 5.41) is 5.28. The molecule has 0 spiro atoms. The van der Waals surface area contributed by atoms with Crippen LogP contribution < -0.4 is 15.4 Å². The molecule has 6 nitrogen and oxygen atoms in total. The number of benzene rings is 2. The lowest BCUT2D eigenvalue weighted by molar-refractivity contribution is -0.118. The van der Waals surface area contributed by atoms with Crippen molar-refractivity contribution >= 4 is 63.8 Å². The Morgan fingerprint density at radius 2 is 1.96 bits per heavy atom. The number of amides is 3. The highest BCUT2D eigenvalue weighted by molar-refractivity contribution is 8.18. The van der Waals surface area contributed by atoms with Gasteiger partial charge in [-0.25, -0.2) is 0 Å². The fraction of sp³-hybridized carbons (Fsp3) is 0.105. The standard InChI is InChI=1S/C19H14Cl2N2O4S/c1-10-2-4-12(8-13(10)20)22-17(24)9-27-15-5-3-11(6-14(15)21)7-16-18(25)23-19(26)28-16/h2-8H,9H2,1H3,(H,22,24)(H,23,25,26)/b16-7-. The number of carbonyl (C=O) groups is 3. The monoisotopic (exact) mass is 436 g/mol. The van der Waals surface area contributed by atoms with Crippen molar-refractivity contribution < 1.29 is 19.1 Å². The lowest BCUT2D eigenvalue weighted by Gasteiger charge is -2.10. The van der Waals surface area contributed by atoms with Crippen molar-refractivity contribution in [2.75, 3.05) is 11.9 Å². The maximum atomic E-state index is 12.0. The van der Waals surface area contributed by atoms with E-state index < -0.39 is 11.1 Å². The van der Waals surface area contributed by atoms with Crippen molar-refractivity contribution in [3.8, 4) is 5.75 Å². The van der Waals surface area contributed by atoms with Gasteiger partial charge in [-0.3, -0.25) is 19.7 Å². The van der Waals surface area contributed by atoms with E-state index >= 15 is 0 Å². The molecule has 3 rings (SSSR count). The number of thioether (sulfide) groups is 1. The summed E-state index contributed by atoms with van der Waals surface area (Å²) >= 11 is 13.0. The van der Waals surface area contributed by atoms with Crippen LogP contribution in [0, 0.1) is 6.92 Å². The van der Waals surface area contributed by atoms with Gasteiger partial charge in [0.05, 0.1) is 9.93 Å². The summed E-state index contributed by atoms with van der Waals surface area (Å²) in [7, 11) is 0. The van der Waals surface area contributed by atoms with Gasteiger partial charge >= 0.3 is 0 Å². The van der Waals surface area contributed by atoms with Gasteiger partial charge in [-0.05, 0) is 60.2 Å². The largest absolute Gasteiger partial charge is 0.482 e. The molecule has 2 aromatic carbocycles. The lowest BCUT2D eigenvalue weighted by atomic mass is 10.2. The Labute approximate surface area is 175 Å². The first-order valence-corrected chi connectivity index (χ1v) is 9.62. The third-order valence-electron chi connectivity index (χ3n) is 3.71. The van der Waals surface area contributed by atoms with Crippen molar-refractivity contribution in [3.05, 3.63) is 62.5 Å². The summed E-state index contributed by atoms with van der Waals surface area (Å²) in [6, 6.07) is 10.0. The fourth-order valence-corrected chi connectivity index (χ4v) is 3.41. The molecule has 0 radical (unpaired) electrons. The van der Waals surface area contributed by atoms with Gasteiger partial charge < -0.3 is 10.1 Å². The number of rotatable bonds is 5. The molecule has 0 aromatic heterocycles. The van der Waals surface area contributed by atoms with Crippen molar-refractivity contribution in [1.29, 1.82) is 0 Å². The molecule has 2 aromatic rings. The molecule has 144 valence electrons. The highest BCUT2D eigenvalue weighted by Crippen LogP contribution is 2.30. The van der Waals surface area contributed by atoms with E-state index in [0.717, 1.165) is 17.3 Å². The summed E-state index contributed by atoms with van der Waals surface area (Å²) < 4.78 is 5.45. The van der Waals surface area contributed by atoms with E-state index in [1.807, 2.05) is 6.92 Å². The number of ether oxygens (including phenoxy) is 1. The van der Waals surface area contributed by atoms with E-state index in [4.69, 9.17) is 27.9 Å². The molecule has 0 bridgehead atoms. The van der Waals surface area contributed by atoms with Crippen LogP contribution in [0.25, 0.3) is 6.08 Å². The molecule has 0 aliphatic carbocycles. The molecule has 1 heterocycles. The quantitative estimate of drug-likeness (QED) is 0.666. The zero-order chi connectivity index (χ0) is 20.3. The number of nitrogens with one attached hydrogen (secondary N) is 2. The van der Waals surface area contributed by atoms with Gasteiger partial charge in [-0.2, -0.15) is 0 Å². The summed E-state index contributed by atoms with van der Waals surface area (Å²) in [5.74, 6) is -0.487. The molecule has 3 amide bonds. The van der Waals surface area contributed by atoms with Gasteiger partial charge in [0.1, 0.15) is 5.75 Å². The first-order valence-electron chi connectivity index (χ1n) is 8.05. The second-order valence-electron chi connectivity index (χ2n) is 5.84. The van der Waals surface area contributed by atoms with Crippen LogP contribution in [-0.2, 0) is 9.59 Å². The number of hydrogen-bond donors (Lipinski definition) is 2. The zero-order valence-corrected chi connectivity index (χ0v) is 16.9. The van der Waals surface area contributed by atoms with Crippen molar-refractivity contribution in [3.63, 3.8) is 0 Å². The second kappa shape index (κ2) is 8.68. The number of carbonyl (C=O) groups excluding carboxylic acids is 3. The summed E-state index contributed by atoms with van der Waals surface area (Å²) in [6.45, 7) is 1.63. The Kier molecular flexibility index (Phi) is 6.28. The Balaban J connectivity index is 1.61. The lowest BCUT2D eigenvalue weighted by Crippen LogP contribution is -2.20. The molecule has 2 N–H and O–H groups in total. The Morgan fingerprint density at radius 3 is 2.61 bits per heavy atom. The SMILES string of the molecule is Cc1ccc(NC(=O)COc2ccc(/C=C3\SC(=O)NC3=O)cc2Cl)cc1Cl. The molecule has 1 aliphatic heterocycles. The van der Waals surface area contributed by atoms with Gasteiger partial charge in [0.25, 0.3) is 17.1 Å². The predicted molar refractivity (Wildman–Crippen MR) is 111 cm³/mol. The summed E-state index contributed by atoms with van der Waals surface area (Å²) in [5.41, 5.74) is 2.11. The van der Waals surface area contributed by atoms with E-state index in [1.54, 1.807) is 42.5 Å². The molecule has 28 heavy (non-hydrogen) atoms. The average molecular weight is 437 g/mol. The van der Waals surface area contributed by atoms with Gasteiger partial charge in [0, 0.05) is 10.7 Å². The number of hydrogen-bond acceptors (Lipinski definition) is 5. The molecule has 0 saturated carbocycles. The summed E-state index contributed by atoms with van der Waals surface area (Å²) in [6.07, 6.45) is 1.55. The third-order valence-corrected chi connectivity index (χ3v) is 5.22. The molecule has 0 unspecified atom stereocenters. The average Bonchev–Trinajstić information content (AvgIpc) is 2.94. The molecule has 1 aliphatic rings. The molecular weight excluding hydrogens is 423 g/mol. The molecule has 9 heteroatoms. The van der Waals surface area contributed by atoms with Crippen LogP contribution in [0.5, 0.6) is 5.75 Å². The van der Waals surface area contributed by atoms with Crippen LogP contribution >= 0.6 is 35.0 Å². The van der Waals surface area contributed by atoms with Gasteiger partial charge in [0.15, 0.2) is 6.61 Å². The Bertz CT molecular complexity index is 1010. The topological polar surface area (TPSA) is 84.5 Å². The fourth-order valence-electron chi connectivity index (χ4n) is 2.31. The molecule has 1 fully saturated rings. The Morgan fingerprint density at radius 1 is 1.18 bits per heavy atom. The maximum absolute atomic E-state index is 12.0. The third kappa shape index (κ3) is 5.07. The van der Waals surface area contributed by atoms with Crippen LogP contribution in [0.3, 0.4) is 0 Å². The van der Waals surface area contributed by atoms with Crippen LogP contribution in [-0.4, -0.2) is 23.7 Å². The van der Waals surface area contributed by atoms with E-state index in [0.29, 0.717) is 22.0 Å². The van der Waals surface area contributed by atoms with Gasteiger partial charge in [0.2, 0.25) is 0 Å². The number of imide groups is 1. The zero-order valence-electron chi connectivity index (χ0n) is 14.5. The number of aryl methyl sites for hydroxylation is 1. The molecule has 1 saturated heterocycles. The van der Waals surface area contributed by atoms with Crippen LogP contribution in [0.1, 0.15) is 11.1 Å². The van der Waals surface area contributed by atoms with E-state index in [-0.39, 0.29) is 22.4 Å². The van der Waals surface area contributed by atoms with Crippen LogP contribution in [0.15, 0.2) is 41.3 Å². The van der Waals surface area contributed by atoms with E-state index in [1.165, 1.54) is 0 Å². The van der Waals surface area contributed by atoms with Crippen molar-refractivity contribution in [1.82, 2.24) is 5.32 Å². The van der Waals surface area contributed by atoms with E-state index in [2.05, 4.69) is 10.6 Å². The molecule has 0 atom stereocenters. The minimum Gasteiger partial charge on any atom is -0.482 e. The molecular formula is C19H14Cl2N2O4S. The first-order chi connectivity index (χ1) is 13.3. The number of anilines is 1. The maximum Gasteiger partial charge on any atom is 0.290 e.